The summed E-state index contributed by atoms with van der Waals surface area (Å²) in [6.07, 6.45) is 5.66. The maximum atomic E-state index is 13.1. The van der Waals surface area contributed by atoms with Gasteiger partial charge in [0.1, 0.15) is 12.2 Å². The number of hydrogen-bond acceptors (Lipinski definition) is 5. The van der Waals surface area contributed by atoms with Crippen molar-refractivity contribution in [2.24, 2.45) is 0 Å². The molecule has 1 aromatic carbocycles. The van der Waals surface area contributed by atoms with Crippen molar-refractivity contribution >= 4 is 45.5 Å². The molecule has 3 aromatic rings. The molecule has 1 fully saturated rings. The Kier molecular flexibility index (Phi) is 9.06. The first-order valence-electron chi connectivity index (χ1n) is 11.3. The molecule has 7 nitrogen and oxygen atoms in total. The summed E-state index contributed by atoms with van der Waals surface area (Å²) in [6, 6.07) is 13.8. The van der Waals surface area contributed by atoms with Crippen LogP contribution in [0.1, 0.15) is 49.5 Å². The number of aromatic nitrogens is 1. The van der Waals surface area contributed by atoms with Crippen LogP contribution in [0.5, 0.6) is 0 Å². The van der Waals surface area contributed by atoms with Crippen LogP contribution in [0, 0.1) is 0 Å². The molecule has 0 unspecified atom stereocenters. The lowest BCUT2D eigenvalue weighted by Crippen LogP contribution is -2.38. The van der Waals surface area contributed by atoms with Crippen LogP contribution in [0.2, 0.25) is 0 Å². The molecule has 4 rings (SSSR count). The van der Waals surface area contributed by atoms with E-state index in [4.69, 9.17) is 4.79 Å². The van der Waals surface area contributed by atoms with Crippen molar-refractivity contribution < 1.29 is 19.1 Å². The summed E-state index contributed by atoms with van der Waals surface area (Å²) in [5, 5.41) is 5.20. The number of ether oxygens (including phenoxy) is 1. The number of hydrogen-bond donors (Lipinski definition) is 1. The number of benzene rings is 1. The Bertz CT molecular complexity index is 1050. The number of anilines is 1. The first-order valence-corrected chi connectivity index (χ1v) is 12.2. The van der Waals surface area contributed by atoms with Crippen molar-refractivity contribution in [1.29, 1.82) is 0 Å². The standard InChI is InChI=1S/C23H27N3O2S.C2H4O2/c1-2-25(18-11-7-4-8-12-18)22(27)16-26-19-13-14-29-21(19)15-20(26)23(28)24-17-9-5-3-6-10-17;1-4-2-3/h4,7-8,11-15,17H,2-3,5-6,9-10,16H2,1H3,(H,24,28);2H,1H3. The topological polar surface area (TPSA) is 80.6 Å². The van der Waals surface area contributed by atoms with Gasteiger partial charge in [-0.25, -0.2) is 0 Å². The minimum Gasteiger partial charge on any atom is -0.471 e. The van der Waals surface area contributed by atoms with Crippen molar-refractivity contribution in [3.63, 3.8) is 0 Å². The number of thiophene rings is 1. The molecule has 0 aliphatic heterocycles. The SMILES string of the molecule is CCN(C(=O)Cn1c(C(=O)NC2CCCCC2)cc2sccc21)c1ccccc1.COC=O. The lowest BCUT2D eigenvalue weighted by Gasteiger charge is -2.24. The number of fused-ring (bicyclic) bond motifs is 1. The molecular formula is C25H31N3O4S. The number of methoxy groups -OCH3 is 1. The van der Waals surface area contributed by atoms with Crippen molar-refractivity contribution in [3.05, 3.63) is 53.5 Å². The lowest BCUT2D eigenvalue weighted by molar-refractivity contribution is -0.126. The van der Waals surface area contributed by atoms with E-state index in [1.807, 2.05) is 59.3 Å². The Hall–Kier alpha value is -3.13. The molecule has 2 aromatic heterocycles. The van der Waals surface area contributed by atoms with Gasteiger partial charge in [-0.3, -0.25) is 14.4 Å². The van der Waals surface area contributed by atoms with E-state index in [2.05, 4.69) is 10.1 Å². The monoisotopic (exact) mass is 469 g/mol. The third kappa shape index (κ3) is 6.22. The second-order valence-corrected chi connectivity index (χ2v) is 8.85. The van der Waals surface area contributed by atoms with Gasteiger partial charge in [-0.15, -0.1) is 11.3 Å². The molecule has 8 heteroatoms. The predicted molar refractivity (Wildman–Crippen MR) is 132 cm³/mol. The van der Waals surface area contributed by atoms with E-state index < -0.39 is 0 Å². The summed E-state index contributed by atoms with van der Waals surface area (Å²) in [4.78, 5) is 36.9. The molecule has 0 radical (unpaired) electrons. The summed E-state index contributed by atoms with van der Waals surface area (Å²) >= 11 is 1.60. The maximum absolute atomic E-state index is 13.1. The van der Waals surface area contributed by atoms with E-state index >= 15 is 0 Å². The number of carbonyl (C=O) groups excluding carboxylic acids is 3. The van der Waals surface area contributed by atoms with Gasteiger partial charge in [-0.05, 0) is 49.4 Å². The fraction of sp³-hybridized carbons (Fsp3) is 0.400. The molecule has 0 spiro atoms. The Morgan fingerprint density at radius 2 is 1.88 bits per heavy atom. The van der Waals surface area contributed by atoms with Gasteiger partial charge in [0, 0.05) is 18.3 Å². The van der Waals surface area contributed by atoms with Crippen LogP contribution in [0.15, 0.2) is 47.8 Å². The van der Waals surface area contributed by atoms with E-state index in [1.54, 1.807) is 16.2 Å². The largest absolute Gasteiger partial charge is 0.471 e. The number of carbonyl (C=O) groups is 3. The van der Waals surface area contributed by atoms with Gasteiger partial charge in [-0.2, -0.15) is 0 Å². The maximum Gasteiger partial charge on any atom is 0.292 e. The Morgan fingerprint density at radius 3 is 2.52 bits per heavy atom. The summed E-state index contributed by atoms with van der Waals surface area (Å²) in [6.45, 7) is 3.08. The van der Waals surface area contributed by atoms with Gasteiger partial charge in [0.2, 0.25) is 5.91 Å². The van der Waals surface area contributed by atoms with E-state index in [9.17, 15) is 9.59 Å². The zero-order chi connectivity index (χ0) is 23.6. The molecule has 2 heterocycles. The fourth-order valence-corrected chi connectivity index (χ4v) is 5.00. The van der Waals surface area contributed by atoms with Crippen molar-refractivity contribution in [2.45, 2.75) is 51.6 Å². The third-order valence-electron chi connectivity index (χ3n) is 5.77. The molecule has 0 bridgehead atoms. The highest BCUT2D eigenvalue weighted by Crippen LogP contribution is 2.27. The van der Waals surface area contributed by atoms with Gasteiger partial charge >= 0.3 is 0 Å². The van der Waals surface area contributed by atoms with E-state index in [0.29, 0.717) is 18.7 Å². The van der Waals surface area contributed by atoms with E-state index in [0.717, 1.165) is 28.7 Å². The summed E-state index contributed by atoms with van der Waals surface area (Å²) in [7, 11) is 1.31. The van der Waals surface area contributed by atoms with Crippen molar-refractivity contribution in [1.82, 2.24) is 9.88 Å². The number of rotatable bonds is 7. The molecule has 1 saturated carbocycles. The second-order valence-electron chi connectivity index (χ2n) is 7.90. The fourth-order valence-electron chi connectivity index (χ4n) is 4.17. The van der Waals surface area contributed by atoms with Gasteiger partial charge < -0.3 is 19.5 Å². The summed E-state index contributed by atoms with van der Waals surface area (Å²) in [5.74, 6) is -0.0926. The van der Waals surface area contributed by atoms with Crippen molar-refractivity contribution in [3.8, 4) is 0 Å². The van der Waals surface area contributed by atoms with Gasteiger partial charge in [-0.1, -0.05) is 37.5 Å². The number of likely N-dealkylation sites (N-methyl/N-ethyl adjacent to an activating group) is 1. The average Bonchev–Trinajstić information content (AvgIpc) is 3.44. The number of nitrogens with zero attached hydrogens (tertiary/aromatic N) is 2. The second kappa shape index (κ2) is 12.2. The zero-order valence-corrected chi connectivity index (χ0v) is 20.0. The first-order chi connectivity index (χ1) is 16.1. The normalized spacial score (nSPS) is 13.6. The minimum absolute atomic E-state index is 0.0193. The van der Waals surface area contributed by atoms with Crippen LogP contribution in [-0.4, -0.2) is 42.6 Å². The quantitative estimate of drug-likeness (QED) is 0.513. The van der Waals surface area contributed by atoms with Gasteiger partial charge in [0.05, 0.1) is 17.3 Å². The molecule has 1 N–H and O–H groups in total. The van der Waals surface area contributed by atoms with E-state index in [1.165, 1.54) is 26.4 Å². The summed E-state index contributed by atoms with van der Waals surface area (Å²) in [5.41, 5.74) is 2.40. The molecule has 0 saturated heterocycles. The Balaban J connectivity index is 0.000000709. The molecule has 1 aliphatic rings. The Morgan fingerprint density at radius 1 is 1.18 bits per heavy atom. The highest BCUT2D eigenvalue weighted by atomic mass is 32.1. The molecule has 2 amide bonds. The van der Waals surface area contributed by atoms with Crippen LogP contribution < -0.4 is 10.2 Å². The van der Waals surface area contributed by atoms with Crippen LogP contribution >= 0.6 is 11.3 Å². The number of amides is 2. The predicted octanol–water partition coefficient (Wildman–Crippen LogP) is 4.61. The molecule has 33 heavy (non-hydrogen) atoms. The van der Waals surface area contributed by atoms with Crippen LogP contribution in [-0.2, 0) is 20.9 Å². The van der Waals surface area contributed by atoms with Crippen molar-refractivity contribution in [2.75, 3.05) is 18.6 Å². The summed E-state index contributed by atoms with van der Waals surface area (Å²) < 4.78 is 6.77. The number of para-hydroxylation sites is 1. The highest BCUT2D eigenvalue weighted by Gasteiger charge is 2.23. The van der Waals surface area contributed by atoms with Gasteiger partial charge in [0.15, 0.2) is 0 Å². The van der Waals surface area contributed by atoms with E-state index in [-0.39, 0.29) is 24.4 Å². The zero-order valence-electron chi connectivity index (χ0n) is 19.2. The molecule has 176 valence electrons. The minimum atomic E-state index is -0.0733. The molecular weight excluding hydrogens is 438 g/mol. The number of nitrogens with one attached hydrogen (secondary N) is 1. The Labute approximate surface area is 198 Å². The van der Waals surface area contributed by atoms with Crippen LogP contribution in [0.25, 0.3) is 10.2 Å². The van der Waals surface area contributed by atoms with Crippen LogP contribution in [0.3, 0.4) is 0 Å². The molecule has 0 atom stereocenters. The average molecular weight is 470 g/mol. The van der Waals surface area contributed by atoms with Gasteiger partial charge in [0.25, 0.3) is 12.4 Å². The third-order valence-corrected chi connectivity index (χ3v) is 6.62. The smallest absolute Gasteiger partial charge is 0.292 e. The first kappa shape index (κ1) is 24.5. The lowest BCUT2D eigenvalue weighted by atomic mass is 9.95. The highest BCUT2D eigenvalue weighted by molar-refractivity contribution is 7.17. The van der Waals surface area contributed by atoms with Crippen LogP contribution in [0.4, 0.5) is 5.69 Å². The molecule has 1 aliphatic carbocycles.